The molecule has 2 aromatic heterocycles. The van der Waals surface area contributed by atoms with Crippen LogP contribution in [-0.4, -0.2) is 19.6 Å². The molecule has 2 heterocycles. The fraction of sp³-hybridized carbons (Fsp3) is 0.206. The quantitative estimate of drug-likeness (QED) is 0.149. The summed E-state index contributed by atoms with van der Waals surface area (Å²) in [6, 6.07) is 67.8. The van der Waals surface area contributed by atoms with Crippen molar-refractivity contribution in [1.29, 1.82) is 0 Å². The van der Waals surface area contributed by atoms with Gasteiger partial charge in [0.25, 0.3) is 0 Å². The van der Waals surface area contributed by atoms with Crippen LogP contribution in [0.4, 0.5) is 0 Å². The van der Waals surface area contributed by atoms with Gasteiger partial charge in [0.2, 0.25) is 0 Å². The fourth-order valence-electron chi connectivity index (χ4n) is 9.94. The molecule has 72 heavy (non-hydrogen) atoms. The Labute approximate surface area is 426 Å². The minimum absolute atomic E-state index is 0.0142. The van der Waals surface area contributed by atoms with Crippen molar-refractivity contribution in [2.45, 2.75) is 91.9 Å². The highest BCUT2D eigenvalue weighted by atomic mass is 16.3. The van der Waals surface area contributed by atoms with Gasteiger partial charge in [-0.1, -0.05) is 209 Å². The number of aromatic hydroxyl groups is 1. The first-order valence-corrected chi connectivity index (χ1v) is 25.5. The number of pyridine rings is 1. The van der Waals surface area contributed by atoms with E-state index in [0.29, 0.717) is 5.82 Å². The molecular formula is C68H65N3O. The Morgan fingerprint density at radius 3 is 1.62 bits per heavy atom. The molecule has 0 amide bonds. The van der Waals surface area contributed by atoms with Gasteiger partial charge >= 0.3 is 0 Å². The molecule has 10 rings (SSSR count). The highest BCUT2D eigenvalue weighted by Gasteiger charge is 2.27. The number of benzene rings is 8. The van der Waals surface area contributed by atoms with Gasteiger partial charge in [-0.3, -0.25) is 9.55 Å². The third-order valence-corrected chi connectivity index (χ3v) is 14.3. The van der Waals surface area contributed by atoms with Crippen LogP contribution in [0.15, 0.2) is 194 Å². The molecule has 0 aliphatic heterocycles. The van der Waals surface area contributed by atoms with Gasteiger partial charge in [-0.05, 0) is 138 Å². The number of para-hydroxylation sites is 1. The Hall–Kier alpha value is -7.82. The van der Waals surface area contributed by atoms with Gasteiger partial charge < -0.3 is 5.11 Å². The van der Waals surface area contributed by atoms with E-state index >= 15 is 0 Å². The lowest BCUT2D eigenvalue weighted by Crippen LogP contribution is -2.13. The maximum Gasteiger partial charge on any atom is 0.149 e. The second kappa shape index (κ2) is 19.1. The summed E-state index contributed by atoms with van der Waals surface area (Å²) in [6.07, 6.45) is 1.92. The lowest BCUT2D eigenvalue weighted by atomic mass is 9.84. The minimum Gasteiger partial charge on any atom is -0.507 e. The van der Waals surface area contributed by atoms with Crippen LogP contribution in [0.1, 0.15) is 103 Å². The van der Waals surface area contributed by atoms with Crippen LogP contribution < -0.4 is 0 Å². The molecule has 8 aromatic carbocycles. The molecule has 0 aliphatic carbocycles. The minimum atomic E-state index is -0.138. The smallest absolute Gasteiger partial charge is 0.149 e. The maximum absolute atomic E-state index is 12.5. The van der Waals surface area contributed by atoms with E-state index in [-0.39, 0.29) is 28.4 Å². The molecular weight excluding hydrogens is 875 g/mol. The van der Waals surface area contributed by atoms with Crippen LogP contribution in [0.25, 0.3) is 95.0 Å². The largest absolute Gasteiger partial charge is 0.507 e. The third kappa shape index (κ3) is 9.42. The highest BCUT2D eigenvalue weighted by molar-refractivity contribution is 5.98. The fourth-order valence-corrected chi connectivity index (χ4v) is 9.94. The summed E-state index contributed by atoms with van der Waals surface area (Å²) < 4.78 is 2.32. The number of phenolic OH excluding ortho intramolecular Hbond substituents is 1. The molecule has 4 heteroatoms. The zero-order valence-corrected chi connectivity index (χ0v) is 43.4. The summed E-state index contributed by atoms with van der Waals surface area (Å²) in [5.74, 6) is 1.29. The molecule has 358 valence electrons. The first kappa shape index (κ1) is 47.8. The number of hydrogen-bond donors (Lipinski definition) is 1. The van der Waals surface area contributed by atoms with Crippen molar-refractivity contribution < 1.29 is 5.11 Å². The molecule has 0 spiro atoms. The van der Waals surface area contributed by atoms with Gasteiger partial charge in [0.05, 0.1) is 28.0 Å². The number of phenols is 1. The lowest BCUT2D eigenvalue weighted by Gasteiger charge is -2.24. The molecule has 1 N–H and O–H groups in total. The Balaban J connectivity index is 1.22. The SMILES string of the molecule is CC(C)c1cc(-c2nc3c(-c4cc(-c5ccccc5)cc(-c5cc(-c6ccc(-c7ccccc7)cc6)ccn5)c4)cccc3n2-c2cc(C(C)(C)C)ccc2-c2ccc(C(C)(C)C)cc2)c(O)c(C(C)C)c1. The first-order chi connectivity index (χ1) is 34.5. The molecule has 0 fully saturated rings. The van der Waals surface area contributed by atoms with Gasteiger partial charge in [-0.2, -0.15) is 0 Å². The molecule has 0 aliphatic rings. The summed E-state index contributed by atoms with van der Waals surface area (Å²) in [7, 11) is 0. The van der Waals surface area contributed by atoms with Crippen molar-refractivity contribution in [3.8, 4) is 89.7 Å². The van der Waals surface area contributed by atoms with Gasteiger partial charge in [-0.15, -0.1) is 0 Å². The number of imidazole rings is 1. The first-order valence-electron chi connectivity index (χ1n) is 25.5. The van der Waals surface area contributed by atoms with E-state index in [4.69, 9.17) is 9.97 Å². The summed E-state index contributed by atoms with van der Waals surface area (Å²) in [4.78, 5) is 10.8. The predicted molar refractivity (Wildman–Crippen MR) is 304 cm³/mol. The van der Waals surface area contributed by atoms with Gasteiger partial charge in [0.1, 0.15) is 11.6 Å². The van der Waals surface area contributed by atoms with Gasteiger partial charge in [-0.25, -0.2) is 4.98 Å². The van der Waals surface area contributed by atoms with Crippen molar-refractivity contribution in [3.63, 3.8) is 0 Å². The Kier molecular flexibility index (Phi) is 12.7. The zero-order chi connectivity index (χ0) is 50.5. The van der Waals surface area contributed by atoms with Crippen molar-refractivity contribution in [1.82, 2.24) is 14.5 Å². The van der Waals surface area contributed by atoms with Crippen molar-refractivity contribution in [2.24, 2.45) is 0 Å². The van der Waals surface area contributed by atoms with Gasteiger partial charge in [0.15, 0.2) is 0 Å². The highest BCUT2D eigenvalue weighted by Crippen LogP contribution is 2.45. The molecule has 0 saturated carbocycles. The van der Waals surface area contributed by atoms with Crippen LogP contribution in [0.5, 0.6) is 5.75 Å². The standard InChI is InChI=1S/C68H65N3O/c1-43(2)51-39-59(44(3)4)65(72)60(40-51)66-70-64-58(22-17-23-62(64)71(66)63-42-56(68(8,9)10)32-33-57(63)49-28-30-55(31-29-49)67(5,6)7)53-36-52(46-20-15-12-16-21-46)37-54(38-53)61-41-50(34-35-69-61)48-26-24-47(25-27-48)45-18-13-11-14-19-45/h11-44,72H,1-10H3. The van der Waals surface area contributed by atoms with Crippen LogP contribution in [0, 0.1) is 0 Å². The summed E-state index contributed by atoms with van der Waals surface area (Å²) in [5, 5.41) is 12.5. The van der Waals surface area contributed by atoms with Crippen LogP contribution in [0.2, 0.25) is 0 Å². The van der Waals surface area contributed by atoms with Crippen LogP contribution in [-0.2, 0) is 10.8 Å². The maximum atomic E-state index is 12.5. The van der Waals surface area contributed by atoms with Crippen molar-refractivity contribution in [3.05, 3.63) is 217 Å². The summed E-state index contributed by atoms with van der Waals surface area (Å²) >= 11 is 0. The third-order valence-electron chi connectivity index (χ3n) is 14.3. The Morgan fingerprint density at radius 2 is 1.00 bits per heavy atom. The number of nitrogens with zero attached hydrogens (tertiary/aromatic N) is 3. The predicted octanol–water partition coefficient (Wildman–Crippen LogP) is 18.6. The molecule has 0 unspecified atom stereocenters. The molecule has 0 radical (unpaired) electrons. The molecule has 0 atom stereocenters. The summed E-state index contributed by atoms with van der Waals surface area (Å²) in [5.41, 5.74) is 20.9. The molecule has 4 nitrogen and oxygen atoms in total. The topological polar surface area (TPSA) is 50.9 Å². The number of rotatable bonds is 10. The molecule has 0 saturated heterocycles. The van der Waals surface area contributed by atoms with E-state index in [0.717, 1.165) is 89.2 Å². The van der Waals surface area contributed by atoms with E-state index in [9.17, 15) is 5.11 Å². The van der Waals surface area contributed by atoms with Crippen LogP contribution in [0.3, 0.4) is 0 Å². The van der Waals surface area contributed by atoms with Crippen molar-refractivity contribution >= 4 is 11.0 Å². The average molecular weight is 940 g/mol. The lowest BCUT2D eigenvalue weighted by molar-refractivity contribution is 0.466. The number of aromatic nitrogens is 3. The van der Waals surface area contributed by atoms with E-state index < -0.39 is 0 Å². The number of fused-ring (bicyclic) bond motifs is 1. The monoisotopic (exact) mass is 940 g/mol. The van der Waals surface area contributed by atoms with E-state index in [1.807, 2.05) is 6.20 Å². The number of hydrogen-bond acceptors (Lipinski definition) is 3. The molecule has 10 aromatic rings. The van der Waals surface area contributed by atoms with E-state index in [1.54, 1.807) is 0 Å². The van der Waals surface area contributed by atoms with Crippen molar-refractivity contribution in [2.75, 3.05) is 0 Å². The van der Waals surface area contributed by atoms with Gasteiger partial charge in [0, 0.05) is 22.9 Å². The van der Waals surface area contributed by atoms with E-state index in [1.165, 1.54) is 22.3 Å². The normalized spacial score (nSPS) is 12.1. The van der Waals surface area contributed by atoms with E-state index in [2.05, 4.69) is 262 Å². The average Bonchev–Trinajstić information content (AvgIpc) is 3.78. The van der Waals surface area contributed by atoms with Crippen LogP contribution >= 0.6 is 0 Å². The summed E-state index contributed by atoms with van der Waals surface area (Å²) in [6.45, 7) is 22.3. The second-order valence-corrected chi connectivity index (χ2v) is 22.1. The second-order valence-electron chi connectivity index (χ2n) is 22.1. The molecule has 0 bridgehead atoms. The Bertz CT molecular complexity index is 3570. The Morgan fingerprint density at radius 1 is 0.431 bits per heavy atom. The zero-order valence-electron chi connectivity index (χ0n) is 43.4.